The summed E-state index contributed by atoms with van der Waals surface area (Å²) in [7, 11) is 0. The Morgan fingerprint density at radius 1 is 0.812 bits per heavy atom. The van der Waals surface area contributed by atoms with Gasteiger partial charge in [0.25, 0.3) is 0 Å². The Kier molecular flexibility index (Phi) is 11.5. The summed E-state index contributed by atoms with van der Waals surface area (Å²) < 4.78 is 7.68. The number of hydrogen-bond acceptors (Lipinski definition) is 3. The van der Waals surface area contributed by atoms with Gasteiger partial charge in [-0.15, -0.1) is 18.2 Å². The third-order valence-electron chi connectivity index (χ3n) is 9.30. The molecule has 1 aliphatic rings. The number of pyridine rings is 2. The van der Waals surface area contributed by atoms with Gasteiger partial charge in [-0.1, -0.05) is 66.5 Å². The van der Waals surface area contributed by atoms with Crippen LogP contribution in [0.5, 0.6) is 0 Å². The third kappa shape index (κ3) is 8.56. The van der Waals surface area contributed by atoms with Crippen LogP contribution in [0.25, 0.3) is 44.5 Å². The van der Waals surface area contributed by atoms with Gasteiger partial charge in [0.2, 0.25) is 0 Å². The number of fused-ring (bicyclic) bond motifs is 3. The van der Waals surface area contributed by atoms with Gasteiger partial charge in [-0.2, -0.15) is 0 Å². The normalized spacial score (nSPS) is 13.7. The van der Waals surface area contributed by atoms with Crippen molar-refractivity contribution in [2.45, 2.75) is 83.5 Å². The second kappa shape index (κ2) is 15.2. The summed E-state index contributed by atoms with van der Waals surface area (Å²) in [4.78, 5) is 9.50. The van der Waals surface area contributed by atoms with Crippen molar-refractivity contribution in [1.29, 1.82) is 0 Å². The van der Waals surface area contributed by atoms with E-state index in [1.165, 1.54) is 46.8 Å². The molecule has 48 heavy (non-hydrogen) atoms. The van der Waals surface area contributed by atoms with E-state index < -0.39 is 13.3 Å². The first-order chi connectivity index (χ1) is 22.5. The molecule has 1 aliphatic carbocycles. The summed E-state index contributed by atoms with van der Waals surface area (Å²) in [5.74, 6) is 8.17. The Labute approximate surface area is 303 Å². The molecule has 1 saturated carbocycles. The van der Waals surface area contributed by atoms with Crippen molar-refractivity contribution < 1.29 is 24.5 Å². The molecule has 6 aromatic rings. The maximum Gasteiger partial charge on any atom is 0.120 e. The van der Waals surface area contributed by atoms with Crippen molar-refractivity contribution >= 4 is 39.6 Å². The van der Waals surface area contributed by atoms with Crippen LogP contribution >= 0.6 is 0 Å². The fourth-order valence-electron chi connectivity index (χ4n) is 6.93. The van der Waals surface area contributed by atoms with Gasteiger partial charge in [-0.25, -0.2) is 0 Å². The van der Waals surface area contributed by atoms with E-state index in [1.54, 1.807) is 0 Å². The topological polar surface area (TPSA) is 38.9 Å². The van der Waals surface area contributed by atoms with Crippen LogP contribution in [0.1, 0.15) is 63.1 Å². The molecule has 7 rings (SSSR count). The second-order valence-electron chi connectivity index (χ2n) is 15.5. The Morgan fingerprint density at radius 2 is 1.54 bits per heavy atom. The fraction of sp³-hybridized carbons (Fsp3) is 0.349. The SMILES string of the molecule is CC(C)(C)Cc1cc(-c2[c-]cccc2)nc[c]1[Ge]([CH3])([CH3])[CH3].Cc1cc(-c2[c-]ccc3c2oc2ccccc23)ncc1CC1CCCC1.[Ir]. The van der Waals surface area contributed by atoms with Crippen molar-refractivity contribution in [1.82, 2.24) is 9.97 Å². The van der Waals surface area contributed by atoms with E-state index >= 15 is 0 Å². The van der Waals surface area contributed by atoms with Crippen molar-refractivity contribution in [3.8, 4) is 22.5 Å². The van der Waals surface area contributed by atoms with Gasteiger partial charge < -0.3 is 9.40 Å². The molecule has 3 heterocycles. The molecule has 251 valence electrons. The molecule has 0 unspecified atom stereocenters. The van der Waals surface area contributed by atoms with Crippen LogP contribution in [-0.2, 0) is 32.9 Å². The molecule has 0 N–H and O–H groups in total. The molecule has 1 fully saturated rings. The van der Waals surface area contributed by atoms with E-state index in [9.17, 15) is 0 Å². The summed E-state index contributed by atoms with van der Waals surface area (Å²) >= 11 is -1.90. The van der Waals surface area contributed by atoms with Gasteiger partial charge in [0.05, 0.1) is 5.58 Å². The number of para-hydroxylation sites is 1. The van der Waals surface area contributed by atoms with Gasteiger partial charge >= 0.3 is 132 Å². The predicted molar refractivity (Wildman–Crippen MR) is 201 cm³/mol. The zero-order valence-corrected chi connectivity index (χ0v) is 34.0. The molecular weight excluding hydrogens is 825 g/mol. The number of hydrogen-bond donors (Lipinski definition) is 0. The van der Waals surface area contributed by atoms with Gasteiger partial charge in [-0.05, 0) is 36.6 Å². The fourth-order valence-corrected chi connectivity index (χ4v) is 10.2. The number of aryl methyl sites for hydroxylation is 1. The Bertz CT molecular complexity index is 1980. The first-order valence-electron chi connectivity index (χ1n) is 17.2. The molecule has 0 spiro atoms. The molecule has 1 radical (unpaired) electrons. The van der Waals surface area contributed by atoms with E-state index in [-0.39, 0.29) is 20.1 Å². The maximum absolute atomic E-state index is 6.14. The van der Waals surface area contributed by atoms with Crippen molar-refractivity contribution in [2.75, 3.05) is 0 Å². The molecule has 0 bridgehead atoms. The van der Waals surface area contributed by atoms with E-state index in [0.717, 1.165) is 63.2 Å². The number of benzene rings is 3. The standard InChI is InChI=1S/C24H22NO.C19H26GeN.Ir/c1-16-13-22(25-15-18(16)14-17-7-2-3-8-17)21-11-6-10-20-19-9-4-5-12-23(19)26-24(20)21;1-19(2,3)13-16-12-18(15-10-8-7-9-11-15)21-14-17(16)20(4,5)6;/h4-6,9-10,12-13,15,17H,2-3,7-8,14H2,1H3;7-10,12,14H,13H2,1-6H3;/q2*-1;. The molecule has 5 heteroatoms. The summed E-state index contributed by atoms with van der Waals surface area (Å²) in [5.41, 5.74) is 10.3. The van der Waals surface area contributed by atoms with Gasteiger partial charge in [0, 0.05) is 31.7 Å². The van der Waals surface area contributed by atoms with Crippen LogP contribution in [0.2, 0.25) is 17.3 Å². The van der Waals surface area contributed by atoms with Crippen molar-refractivity contribution in [3.05, 3.63) is 114 Å². The summed E-state index contributed by atoms with van der Waals surface area (Å²) in [6, 6.07) is 31.4. The zero-order chi connectivity index (χ0) is 33.2. The second-order valence-corrected chi connectivity index (χ2v) is 26.1. The van der Waals surface area contributed by atoms with Gasteiger partial charge in [0.15, 0.2) is 0 Å². The minimum Gasteiger partial charge on any atom is -0.501 e. The Balaban J connectivity index is 0.000000189. The maximum atomic E-state index is 6.14. The number of rotatable bonds is 6. The molecule has 0 aliphatic heterocycles. The molecule has 3 aromatic heterocycles. The average molecular weight is 874 g/mol. The molecule has 3 aromatic carbocycles. The first kappa shape index (κ1) is 36.2. The number of nitrogens with zero attached hydrogens (tertiary/aromatic N) is 2. The van der Waals surface area contributed by atoms with Crippen LogP contribution in [0.3, 0.4) is 0 Å². The molecule has 3 nitrogen and oxygen atoms in total. The molecule has 0 atom stereocenters. The quantitative estimate of drug-likeness (QED) is 0.124. The van der Waals surface area contributed by atoms with E-state index in [2.05, 4.69) is 99.8 Å². The zero-order valence-electron chi connectivity index (χ0n) is 29.5. The predicted octanol–water partition coefficient (Wildman–Crippen LogP) is 11.2. The van der Waals surface area contributed by atoms with Crippen LogP contribution < -0.4 is 4.40 Å². The summed E-state index contributed by atoms with van der Waals surface area (Å²) in [6.45, 7) is 9.12. The smallest absolute Gasteiger partial charge is 0.120 e. The van der Waals surface area contributed by atoms with E-state index in [0.29, 0.717) is 5.41 Å². The largest absolute Gasteiger partial charge is 0.501 e. The average Bonchev–Trinajstić information content (AvgIpc) is 3.69. The molecular formula is C43H48GeIrN2O-2. The van der Waals surface area contributed by atoms with Crippen LogP contribution in [0.15, 0.2) is 89.6 Å². The molecule has 0 saturated heterocycles. The van der Waals surface area contributed by atoms with Crippen LogP contribution in [0, 0.1) is 30.4 Å². The van der Waals surface area contributed by atoms with Gasteiger partial charge in [0.1, 0.15) is 5.58 Å². The number of furan rings is 1. The Hall–Kier alpha value is -3.05. The number of aromatic nitrogens is 2. The van der Waals surface area contributed by atoms with Gasteiger partial charge in [-0.3, -0.25) is 0 Å². The van der Waals surface area contributed by atoms with Crippen molar-refractivity contribution in [3.63, 3.8) is 0 Å². The summed E-state index contributed by atoms with van der Waals surface area (Å²) in [6.07, 6.45) is 12.0. The minimum absolute atomic E-state index is 0. The van der Waals surface area contributed by atoms with Crippen LogP contribution in [-0.4, -0.2) is 23.2 Å². The van der Waals surface area contributed by atoms with Crippen molar-refractivity contribution in [2.24, 2.45) is 11.3 Å². The minimum atomic E-state index is -1.90. The third-order valence-corrected chi connectivity index (χ3v) is 13.6. The van der Waals surface area contributed by atoms with Crippen LogP contribution in [0.4, 0.5) is 0 Å². The first-order valence-corrected chi connectivity index (χ1v) is 24.5. The summed E-state index contributed by atoms with van der Waals surface area (Å²) in [5, 5.41) is 2.27. The van der Waals surface area contributed by atoms with E-state index in [4.69, 9.17) is 14.4 Å². The Morgan fingerprint density at radius 3 is 2.23 bits per heavy atom. The monoisotopic (exact) mass is 875 g/mol. The van der Waals surface area contributed by atoms with E-state index in [1.807, 2.05) is 42.5 Å². The molecule has 0 amide bonds.